The molecule has 0 bridgehead atoms. The minimum absolute atomic E-state index is 0.0915. The SMILES string of the molecule is C[C@@H]([NH])c1ccccc1. The van der Waals surface area contributed by atoms with E-state index in [0.717, 1.165) is 5.56 Å². The van der Waals surface area contributed by atoms with Crippen LogP contribution in [0.3, 0.4) is 0 Å². The molecule has 0 spiro atoms. The maximum absolute atomic E-state index is 7.32. The van der Waals surface area contributed by atoms with Gasteiger partial charge in [0.2, 0.25) is 0 Å². The highest BCUT2D eigenvalue weighted by atomic mass is 14.6. The lowest BCUT2D eigenvalue weighted by Gasteiger charge is -2.00. The van der Waals surface area contributed by atoms with Crippen molar-refractivity contribution in [3.05, 3.63) is 35.9 Å². The van der Waals surface area contributed by atoms with Crippen molar-refractivity contribution >= 4 is 0 Å². The fraction of sp³-hybridized carbons (Fsp3) is 0.250. The molecule has 0 aromatic heterocycles. The minimum atomic E-state index is -0.0915. The Bertz CT molecular complexity index is 167. The Morgan fingerprint density at radius 2 is 1.78 bits per heavy atom. The van der Waals surface area contributed by atoms with E-state index in [9.17, 15) is 0 Å². The smallest absolute Gasteiger partial charge is 0.0434 e. The second-order valence-electron chi connectivity index (χ2n) is 2.13. The maximum atomic E-state index is 7.32. The van der Waals surface area contributed by atoms with Crippen molar-refractivity contribution in [3.63, 3.8) is 0 Å². The Morgan fingerprint density at radius 3 is 2.11 bits per heavy atom. The van der Waals surface area contributed by atoms with Crippen LogP contribution in [0.2, 0.25) is 0 Å². The molecule has 0 unspecified atom stereocenters. The Balaban J connectivity index is 2.85. The number of hydrogen-bond acceptors (Lipinski definition) is 0. The number of nitrogens with one attached hydrogen (secondary N) is 1. The Hall–Kier alpha value is -0.820. The molecule has 9 heavy (non-hydrogen) atoms. The Morgan fingerprint density at radius 1 is 1.22 bits per heavy atom. The predicted octanol–water partition coefficient (Wildman–Crippen LogP) is 2.03. The fourth-order valence-electron chi connectivity index (χ4n) is 0.742. The highest BCUT2D eigenvalue weighted by Gasteiger charge is 1.94. The molecule has 1 nitrogen and oxygen atoms in total. The molecule has 0 heterocycles. The van der Waals surface area contributed by atoms with Crippen molar-refractivity contribution in [1.29, 1.82) is 0 Å². The van der Waals surface area contributed by atoms with E-state index in [4.69, 9.17) is 5.73 Å². The number of benzene rings is 1. The van der Waals surface area contributed by atoms with Crippen LogP contribution in [0.5, 0.6) is 0 Å². The normalized spacial score (nSPS) is 13.1. The van der Waals surface area contributed by atoms with Crippen molar-refractivity contribution in [2.45, 2.75) is 13.0 Å². The van der Waals surface area contributed by atoms with Crippen LogP contribution in [0.4, 0.5) is 0 Å². The quantitative estimate of drug-likeness (QED) is 0.541. The average molecular weight is 120 g/mol. The monoisotopic (exact) mass is 120 g/mol. The molecule has 0 saturated heterocycles. The summed E-state index contributed by atoms with van der Waals surface area (Å²) in [4.78, 5) is 0. The van der Waals surface area contributed by atoms with Gasteiger partial charge in [-0.15, -0.1) is 0 Å². The summed E-state index contributed by atoms with van der Waals surface area (Å²) in [5.41, 5.74) is 8.40. The van der Waals surface area contributed by atoms with Crippen LogP contribution < -0.4 is 5.73 Å². The van der Waals surface area contributed by atoms with Gasteiger partial charge in [-0.1, -0.05) is 30.3 Å². The summed E-state index contributed by atoms with van der Waals surface area (Å²) >= 11 is 0. The van der Waals surface area contributed by atoms with E-state index in [-0.39, 0.29) is 6.04 Å². The zero-order valence-electron chi connectivity index (χ0n) is 5.46. The first kappa shape index (κ1) is 6.30. The second-order valence-corrected chi connectivity index (χ2v) is 2.13. The summed E-state index contributed by atoms with van der Waals surface area (Å²) in [5.74, 6) is 0. The highest BCUT2D eigenvalue weighted by Crippen LogP contribution is 2.08. The third-order valence-corrected chi connectivity index (χ3v) is 1.30. The lowest BCUT2D eigenvalue weighted by Crippen LogP contribution is -1.90. The van der Waals surface area contributed by atoms with Gasteiger partial charge in [0.25, 0.3) is 0 Å². The molecule has 1 aromatic rings. The van der Waals surface area contributed by atoms with E-state index >= 15 is 0 Å². The van der Waals surface area contributed by atoms with Crippen LogP contribution in [-0.2, 0) is 0 Å². The van der Waals surface area contributed by atoms with Gasteiger partial charge in [-0.05, 0) is 12.5 Å². The number of rotatable bonds is 1. The molecule has 0 saturated carbocycles. The van der Waals surface area contributed by atoms with Gasteiger partial charge in [-0.25, -0.2) is 0 Å². The summed E-state index contributed by atoms with van der Waals surface area (Å²) in [6.07, 6.45) is 0. The standard InChI is InChI=1S/C8H10N/c1-7(9)8-5-3-2-4-6-8/h2-7,9H,1H3/t7-/m1/s1. The van der Waals surface area contributed by atoms with E-state index in [1.54, 1.807) is 0 Å². The van der Waals surface area contributed by atoms with Gasteiger partial charge in [-0.3, -0.25) is 5.73 Å². The van der Waals surface area contributed by atoms with Crippen molar-refractivity contribution in [2.75, 3.05) is 0 Å². The molecule has 1 rings (SSSR count). The molecule has 1 atom stereocenters. The summed E-state index contributed by atoms with van der Waals surface area (Å²) in [6.45, 7) is 1.87. The predicted molar refractivity (Wildman–Crippen MR) is 38.0 cm³/mol. The van der Waals surface area contributed by atoms with Gasteiger partial charge in [0.15, 0.2) is 0 Å². The topological polar surface area (TPSA) is 23.8 Å². The summed E-state index contributed by atoms with van der Waals surface area (Å²) in [7, 11) is 0. The van der Waals surface area contributed by atoms with E-state index in [2.05, 4.69) is 0 Å². The van der Waals surface area contributed by atoms with Crippen LogP contribution in [-0.4, -0.2) is 0 Å². The van der Waals surface area contributed by atoms with E-state index < -0.39 is 0 Å². The summed E-state index contributed by atoms with van der Waals surface area (Å²) in [6, 6.07) is 9.73. The van der Waals surface area contributed by atoms with Crippen molar-refractivity contribution in [2.24, 2.45) is 0 Å². The molecule has 0 aliphatic rings. The minimum Gasteiger partial charge on any atom is -0.250 e. The van der Waals surface area contributed by atoms with Crippen LogP contribution in [0, 0.1) is 0 Å². The molecule has 0 fully saturated rings. The van der Waals surface area contributed by atoms with Crippen LogP contribution in [0.25, 0.3) is 0 Å². The first-order valence-electron chi connectivity index (χ1n) is 3.07. The molecule has 0 aliphatic heterocycles. The molecule has 1 radical (unpaired) electrons. The molecule has 1 N–H and O–H groups in total. The van der Waals surface area contributed by atoms with Crippen molar-refractivity contribution in [3.8, 4) is 0 Å². The summed E-state index contributed by atoms with van der Waals surface area (Å²) < 4.78 is 0. The largest absolute Gasteiger partial charge is 0.250 e. The van der Waals surface area contributed by atoms with Crippen molar-refractivity contribution < 1.29 is 0 Å². The van der Waals surface area contributed by atoms with Gasteiger partial charge in [0.1, 0.15) is 0 Å². The van der Waals surface area contributed by atoms with Crippen LogP contribution >= 0.6 is 0 Å². The zero-order chi connectivity index (χ0) is 6.69. The average Bonchev–Trinajstić information content (AvgIpc) is 1.90. The first-order valence-corrected chi connectivity index (χ1v) is 3.07. The maximum Gasteiger partial charge on any atom is 0.0434 e. The van der Waals surface area contributed by atoms with Gasteiger partial charge in [0.05, 0.1) is 0 Å². The van der Waals surface area contributed by atoms with Crippen LogP contribution in [0.1, 0.15) is 18.5 Å². The Labute approximate surface area is 55.5 Å². The lowest BCUT2D eigenvalue weighted by molar-refractivity contribution is 0.788. The second kappa shape index (κ2) is 2.65. The third kappa shape index (κ3) is 1.54. The Kier molecular flexibility index (Phi) is 1.85. The lowest BCUT2D eigenvalue weighted by atomic mass is 10.1. The molecule has 1 heteroatoms. The van der Waals surface area contributed by atoms with E-state index in [0.29, 0.717) is 0 Å². The molecule has 1 aromatic carbocycles. The van der Waals surface area contributed by atoms with Gasteiger partial charge < -0.3 is 0 Å². The first-order chi connectivity index (χ1) is 4.30. The van der Waals surface area contributed by atoms with Crippen LogP contribution in [0.15, 0.2) is 30.3 Å². The third-order valence-electron chi connectivity index (χ3n) is 1.30. The van der Waals surface area contributed by atoms with Gasteiger partial charge >= 0.3 is 0 Å². The number of hydrogen-bond donors (Lipinski definition) is 0. The fourth-order valence-corrected chi connectivity index (χ4v) is 0.742. The highest BCUT2D eigenvalue weighted by molar-refractivity contribution is 5.17. The molecule has 0 amide bonds. The molecular formula is C8H10N. The van der Waals surface area contributed by atoms with Gasteiger partial charge in [-0.2, -0.15) is 0 Å². The van der Waals surface area contributed by atoms with E-state index in [1.165, 1.54) is 0 Å². The molecule has 47 valence electrons. The van der Waals surface area contributed by atoms with Crippen molar-refractivity contribution in [1.82, 2.24) is 5.73 Å². The summed E-state index contributed by atoms with van der Waals surface area (Å²) in [5, 5.41) is 0. The zero-order valence-corrected chi connectivity index (χ0v) is 5.46. The molecular weight excluding hydrogens is 110 g/mol. The van der Waals surface area contributed by atoms with E-state index in [1.807, 2.05) is 37.3 Å². The van der Waals surface area contributed by atoms with Gasteiger partial charge in [0, 0.05) is 6.04 Å². The molecule has 0 aliphatic carbocycles.